The summed E-state index contributed by atoms with van der Waals surface area (Å²) in [4.78, 5) is 8.84. The van der Waals surface area contributed by atoms with Crippen LogP contribution in [0, 0.1) is 0 Å². The van der Waals surface area contributed by atoms with Gasteiger partial charge < -0.3 is 15.2 Å². The number of halogens is 1. The number of hydrogen-bond acceptors (Lipinski definition) is 5. The summed E-state index contributed by atoms with van der Waals surface area (Å²) in [5.74, 6) is 2.69. The zero-order valence-electron chi connectivity index (χ0n) is 12.5. The van der Waals surface area contributed by atoms with Crippen molar-refractivity contribution in [3.05, 3.63) is 28.5 Å². The first-order valence-electron chi connectivity index (χ1n) is 6.53. The Kier molecular flexibility index (Phi) is 4.67. The lowest BCUT2D eigenvalue weighted by Crippen LogP contribution is -2.03. The molecule has 6 heteroatoms. The molecule has 0 aliphatic rings. The average Bonchev–Trinajstić information content (AvgIpc) is 2.46. The minimum atomic E-state index is 0.194. The van der Waals surface area contributed by atoms with Gasteiger partial charge in [-0.2, -0.15) is 0 Å². The molecule has 5 nitrogen and oxygen atoms in total. The molecule has 1 heterocycles. The molecule has 0 spiro atoms. The Morgan fingerprint density at radius 2 is 1.86 bits per heavy atom. The van der Waals surface area contributed by atoms with Crippen LogP contribution >= 0.6 is 15.9 Å². The standard InChI is InChI=1S/C15H18BrN3O2/c1-8(2)15-18-10(7-12(17)19-15)9-5-6-11(20-3)13(16)14(9)21-4/h5-8H,1-4H3,(H2,17,18,19). The van der Waals surface area contributed by atoms with Gasteiger partial charge in [0.15, 0.2) is 0 Å². The molecule has 0 bridgehead atoms. The van der Waals surface area contributed by atoms with E-state index in [1.165, 1.54) is 0 Å². The summed E-state index contributed by atoms with van der Waals surface area (Å²) in [7, 11) is 3.22. The fourth-order valence-electron chi connectivity index (χ4n) is 1.98. The fraction of sp³-hybridized carbons (Fsp3) is 0.333. The Bertz CT molecular complexity index is 660. The number of ether oxygens (including phenoxy) is 2. The van der Waals surface area contributed by atoms with Gasteiger partial charge in [0, 0.05) is 17.5 Å². The molecular formula is C15H18BrN3O2. The van der Waals surface area contributed by atoms with Crippen molar-refractivity contribution in [2.24, 2.45) is 0 Å². The number of nitrogens with two attached hydrogens (primary N) is 1. The van der Waals surface area contributed by atoms with E-state index < -0.39 is 0 Å². The van der Waals surface area contributed by atoms with Crippen LogP contribution in [0.3, 0.4) is 0 Å². The van der Waals surface area contributed by atoms with Crippen molar-refractivity contribution in [2.75, 3.05) is 20.0 Å². The molecule has 112 valence electrons. The van der Waals surface area contributed by atoms with Gasteiger partial charge in [-0.05, 0) is 28.1 Å². The Hall–Kier alpha value is -1.82. The van der Waals surface area contributed by atoms with Crippen molar-refractivity contribution in [3.8, 4) is 22.8 Å². The van der Waals surface area contributed by atoms with E-state index in [4.69, 9.17) is 15.2 Å². The van der Waals surface area contributed by atoms with E-state index in [1.807, 2.05) is 26.0 Å². The molecule has 1 aromatic carbocycles. The van der Waals surface area contributed by atoms with E-state index in [2.05, 4.69) is 25.9 Å². The predicted octanol–water partition coefficient (Wildman–Crippen LogP) is 3.63. The highest BCUT2D eigenvalue weighted by atomic mass is 79.9. The SMILES string of the molecule is COc1ccc(-c2cc(N)nc(C(C)C)n2)c(OC)c1Br. The van der Waals surface area contributed by atoms with Crippen molar-refractivity contribution in [1.29, 1.82) is 0 Å². The molecule has 1 aromatic heterocycles. The third-order valence-electron chi connectivity index (χ3n) is 3.04. The molecular weight excluding hydrogens is 334 g/mol. The number of hydrogen-bond donors (Lipinski definition) is 1. The summed E-state index contributed by atoms with van der Waals surface area (Å²) in [6.07, 6.45) is 0. The number of nitrogen functional groups attached to an aromatic ring is 1. The summed E-state index contributed by atoms with van der Waals surface area (Å²) in [6, 6.07) is 5.49. The van der Waals surface area contributed by atoms with E-state index in [0.29, 0.717) is 23.1 Å². The molecule has 0 saturated carbocycles. The van der Waals surface area contributed by atoms with E-state index >= 15 is 0 Å². The second kappa shape index (κ2) is 6.30. The monoisotopic (exact) mass is 351 g/mol. The topological polar surface area (TPSA) is 70.3 Å². The van der Waals surface area contributed by atoms with Crippen LogP contribution in [0.2, 0.25) is 0 Å². The highest BCUT2D eigenvalue weighted by molar-refractivity contribution is 9.10. The highest BCUT2D eigenvalue weighted by Crippen LogP contribution is 2.41. The third kappa shape index (κ3) is 3.10. The summed E-state index contributed by atoms with van der Waals surface area (Å²) in [6.45, 7) is 4.06. The van der Waals surface area contributed by atoms with Crippen LogP contribution in [0.4, 0.5) is 5.82 Å². The predicted molar refractivity (Wildman–Crippen MR) is 86.8 cm³/mol. The third-order valence-corrected chi connectivity index (χ3v) is 3.79. The first-order valence-corrected chi connectivity index (χ1v) is 7.32. The van der Waals surface area contributed by atoms with Gasteiger partial charge in [-0.3, -0.25) is 0 Å². The van der Waals surface area contributed by atoms with E-state index in [9.17, 15) is 0 Å². The highest BCUT2D eigenvalue weighted by Gasteiger charge is 2.17. The summed E-state index contributed by atoms with van der Waals surface area (Å²) in [5.41, 5.74) is 7.45. The van der Waals surface area contributed by atoms with Crippen LogP contribution in [-0.2, 0) is 0 Å². The molecule has 0 atom stereocenters. The van der Waals surface area contributed by atoms with Crippen LogP contribution in [0.1, 0.15) is 25.6 Å². The smallest absolute Gasteiger partial charge is 0.146 e. The first kappa shape index (κ1) is 15.6. The van der Waals surface area contributed by atoms with E-state index in [-0.39, 0.29) is 5.92 Å². The summed E-state index contributed by atoms with van der Waals surface area (Å²) >= 11 is 3.49. The van der Waals surface area contributed by atoms with Gasteiger partial charge in [0.05, 0.1) is 19.9 Å². The molecule has 0 fully saturated rings. The minimum Gasteiger partial charge on any atom is -0.495 e. The van der Waals surface area contributed by atoms with Gasteiger partial charge in [-0.15, -0.1) is 0 Å². The van der Waals surface area contributed by atoms with Crippen molar-refractivity contribution >= 4 is 21.7 Å². The van der Waals surface area contributed by atoms with Crippen molar-refractivity contribution in [2.45, 2.75) is 19.8 Å². The van der Waals surface area contributed by atoms with Gasteiger partial charge in [-0.1, -0.05) is 13.8 Å². The molecule has 2 aromatic rings. The Morgan fingerprint density at radius 1 is 1.14 bits per heavy atom. The van der Waals surface area contributed by atoms with Crippen molar-refractivity contribution in [3.63, 3.8) is 0 Å². The van der Waals surface area contributed by atoms with Crippen LogP contribution < -0.4 is 15.2 Å². The molecule has 2 N–H and O–H groups in total. The lowest BCUT2D eigenvalue weighted by Gasteiger charge is -2.14. The number of aromatic nitrogens is 2. The number of methoxy groups -OCH3 is 2. The zero-order chi connectivity index (χ0) is 15.6. The molecule has 0 amide bonds. The number of benzene rings is 1. The van der Waals surface area contributed by atoms with Gasteiger partial charge in [-0.25, -0.2) is 9.97 Å². The molecule has 0 aliphatic heterocycles. The van der Waals surface area contributed by atoms with Crippen molar-refractivity contribution < 1.29 is 9.47 Å². The normalized spacial score (nSPS) is 10.8. The first-order chi connectivity index (χ1) is 9.97. The molecule has 21 heavy (non-hydrogen) atoms. The fourth-order valence-corrected chi connectivity index (χ4v) is 2.65. The van der Waals surface area contributed by atoms with Crippen molar-refractivity contribution in [1.82, 2.24) is 9.97 Å². The number of anilines is 1. The van der Waals surface area contributed by atoms with Gasteiger partial charge in [0.1, 0.15) is 27.6 Å². The average molecular weight is 352 g/mol. The van der Waals surface area contributed by atoms with Gasteiger partial charge in [0.2, 0.25) is 0 Å². The molecule has 0 radical (unpaired) electrons. The van der Waals surface area contributed by atoms with Gasteiger partial charge >= 0.3 is 0 Å². The lowest BCUT2D eigenvalue weighted by molar-refractivity contribution is 0.390. The quantitative estimate of drug-likeness (QED) is 0.910. The van der Waals surface area contributed by atoms with E-state index in [1.54, 1.807) is 20.3 Å². The lowest BCUT2D eigenvalue weighted by atomic mass is 10.1. The molecule has 2 rings (SSSR count). The van der Waals surface area contributed by atoms with E-state index in [0.717, 1.165) is 15.7 Å². The maximum absolute atomic E-state index is 5.89. The van der Waals surface area contributed by atoms with Gasteiger partial charge in [0.25, 0.3) is 0 Å². The second-order valence-corrected chi connectivity index (χ2v) is 5.65. The Labute approximate surface area is 132 Å². The van der Waals surface area contributed by atoms with Crippen LogP contribution in [0.25, 0.3) is 11.3 Å². The Morgan fingerprint density at radius 3 is 2.43 bits per heavy atom. The maximum atomic E-state index is 5.89. The number of rotatable bonds is 4. The second-order valence-electron chi connectivity index (χ2n) is 4.85. The largest absolute Gasteiger partial charge is 0.495 e. The van der Waals surface area contributed by atoms with Crippen LogP contribution in [-0.4, -0.2) is 24.2 Å². The molecule has 0 saturated heterocycles. The molecule has 0 aliphatic carbocycles. The number of nitrogens with zero attached hydrogens (tertiary/aromatic N) is 2. The minimum absolute atomic E-state index is 0.194. The molecule has 0 unspecified atom stereocenters. The van der Waals surface area contributed by atoms with Crippen LogP contribution in [0.5, 0.6) is 11.5 Å². The summed E-state index contributed by atoms with van der Waals surface area (Å²) in [5, 5.41) is 0. The summed E-state index contributed by atoms with van der Waals surface area (Å²) < 4.78 is 11.5. The zero-order valence-corrected chi connectivity index (χ0v) is 14.1. The maximum Gasteiger partial charge on any atom is 0.146 e. The van der Waals surface area contributed by atoms with Crippen LogP contribution in [0.15, 0.2) is 22.7 Å². The Balaban J connectivity index is 2.64.